The molecule has 1 heterocycles. The second kappa shape index (κ2) is 4.99. The largest absolute Gasteiger partial charge is 0.304 e. The maximum Gasteiger partial charge on any atom is 0.251 e. The molecule has 1 fully saturated rings. The smallest absolute Gasteiger partial charge is 0.251 e. The first-order chi connectivity index (χ1) is 6.55. The molecule has 2 N–H and O–H groups in total. The van der Waals surface area contributed by atoms with Crippen molar-refractivity contribution in [2.75, 3.05) is 23.8 Å². The van der Waals surface area contributed by atoms with Gasteiger partial charge < -0.3 is 5.32 Å². The molecule has 1 aliphatic rings. The highest BCUT2D eigenvalue weighted by atomic mass is 32.2. The Balaban J connectivity index is 2.49. The molecule has 0 spiro atoms. The van der Waals surface area contributed by atoms with Gasteiger partial charge in [0, 0.05) is 18.1 Å². The van der Waals surface area contributed by atoms with E-state index in [1.54, 1.807) is 11.8 Å². The van der Waals surface area contributed by atoms with E-state index in [9.17, 15) is 13.2 Å². The number of hydrogen-bond donors (Lipinski definition) is 2. The van der Waals surface area contributed by atoms with E-state index < -0.39 is 15.9 Å². The lowest BCUT2D eigenvalue weighted by Gasteiger charge is -2.21. The zero-order valence-corrected chi connectivity index (χ0v) is 9.58. The van der Waals surface area contributed by atoms with Crippen LogP contribution in [0.5, 0.6) is 0 Å². The summed E-state index contributed by atoms with van der Waals surface area (Å²) in [6.45, 7) is 2.24. The maximum absolute atomic E-state index is 11.4. The van der Waals surface area contributed by atoms with E-state index in [0.29, 0.717) is 5.75 Å². The molecular formula is C7H14N2O3S2. The summed E-state index contributed by atoms with van der Waals surface area (Å²) in [6, 6.07) is -0.380. The van der Waals surface area contributed by atoms with Gasteiger partial charge in [-0.15, -0.1) is 0 Å². The first-order valence-electron chi connectivity index (χ1n) is 4.40. The zero-order valence-electron chi connectivity index (χ0n) is 7.95. The van der Waals surface area contributed by atoms with Crippen LogP contribution in [-0.4, -0.2) is 44.2 Å². The van der Waals surface area contributed by atoms with Crippen LogP contribution in [0.3, 0.4) is 0 Å². The minimum atomic E-state index is -3.42. The van der Waals surface area contributed by atoms with Crippen molar-refractivity contribution in [3.8, 4) is 0 Å². The number of thioether (sulfide) groups is 1. The molecule has 1 atom stereocenters. The summed E-state index contributed by atoms with van der Waals surface area (Å²) in [5, 5.41) is 2.97. The minimum absolute atomic E-state index is 0.0708. The first kappa shape index (κ1) is 11.8. The number of nitrogens with one attached hydrogen (secondary N) is 2. The van der Waals surface area contributed by atoms with Gasteiger partial charge in [0.2, 0.25) is 10.0 Å². The van der Waals surface area contributed by atoms with Crippen LogP contribution in [0, 0.1) is 0 Å². The lowest BCUT2D eigenvalue weighted by atomic mass is 10.3. The van der Waals surface area contributed by atoms with E-state index in [1.165, 1.54) is 6.92 Å². The fourth-order valence-electron chi connectivity index (χ4n) is 1.03. The highest BCUT2D eigenvalue weighted by Crippen LogP contribution is 2.07. The van der Waals surface area contributed by atoms with Crippen molar-refractivity contribution in [2.45, 2.75) is 13.0 Å². The Morgan fingerprint density at radius 3 is 2.86 bits per heavy atom. The van der Waals surface area contributed by atoms with E-state index in [4.69, 9.17) is 0 Å². The molecule has 0 aromatic rings. The standard InChI is InChI=1S/C7H14N2O3S2/c1-2-14(11,12)9-7(10)6-5-13-4-3-8-6/h6,8H,2-5H2,1H3,(H,9,10). The highest BCUT2D eigenvalue weighted by molar-refractivity contribution is 7.99. The van der Waals surface area contributed by atoms with Crippen LogP contribution in [0.25, 0.3) is 0 Å². The Kier molecular flexibility index (Phi) is 4.21. The lowest BCUT2D eigenvalue weighted by molar-refractivity contribution is -0.120. The molecular weight excluding hydrogens is 224 g/mol. The van der Waals surface area contributed by atoms with Gasteiger partial charge in [-0.05, 0) is 6.92 Å². The van der Waals surface area contributed by atoms with Crippen molar-refractivity contribution in [1.29, 1.82) is 0 Å². The molecule has 0 aromatic heterocycles. The summed E-state index contributed by atoms with van der Waals surface area (Å²) in [7, 11) is -3.42. The van der Waals surface area contributed by atoms with Crippen LogP contribution in [0.4, 0.5) is 0 Å². The molecule has 1 unspecified atom stereocenters. The van der Waals surface area contributed by atoms with Crippen LogP contribution in [-0.2, 0) is 14.8 Å². The lowest BCUT2D eigenvalue weighted by Crippen LogP contribution is -2.50. The normalized spacial score (nSPS) is 23.1. The number of carbonyl (C=O) groups excluding carboxylic acids is 1. The second-order valence-corrected chi connectivity index (χ2v) is 6.11. The molecule has 82 valence electrons. The predicted molar refractivity (Wildman–Crippen MR) is 56.7 cm³/mol. The third-order valence-electron chi connectivity index (χ3n) is 1.87. The third kappa shape index (κ3) is 3.47. The quantitative estimate of drug-likeness (QED) is 0.670. The van der Waals surface area contributed by atoms with Crippen LogP contribution >= 0.6 is 11.8 Å². The van der Waals surface area contributed by atoms with Gasteiger partial charge in [-0.3, -0.25) is 9.52 Å². The molecule has 0 saturated carbocycles. The van der Waals surface area contributed by atoms with Crippen molar-refractivity contribution >= 4 is 27.7 Å². The van der Waals surface area contributed by atoms with Gasteiger partial charge in [0.25, 0.3) is 5.91 Å². The van der Waals surface area contributed by atoms with E-state index in [1.807, 2.05) is 4.72 Å². The van der Waals surface area contributed by atoms with Crippen LogP contribution in [0.15, 0.2) is 0 Å². The second-order valence-electron chi connectivity index (χ2n) is 2.95. The molecule has 0 aliphatic carbocycles. The molecule has 14 heavy (non-hydrogen) atoms. The van der Waals surface area contributed by atoms with Gasteiger partial charge in [0.1, 0.15) is 0 Å². The monoisotopic (exact) mass is 238 g/mol. The molecule has 1 amide bonds. The summed E-state index contributed by atoms with van der Waals surface area (Å²) in [5.74, 6) is 1.08. The fraction of sp³-hybridized carbons (Fsp3) is 0.857. The van der Waals surface area contributed by atoms with Gasteiger partial charge in [0.05, 0.1) is 11.8 Å². The van der Waals surface area contributed by atoms with Gasteiger partial charge in [0.15, 0.2) is 0 Å². The van der Waals surface area contributed by atoms with Crippen LogP contribution < -0.4 is 10.0 Å². The summed E-state index contributed by atoms with van der Waals surface area (Å²) in [5.41, 5.74) is 0. The van der Waals surface area contributed by atoms with Crippen LogP contribution in [0.1, 0.15) is 6.92 Å². The zero-order chi connectivity index (χ0) is 10.6. The van der Waals surface area contributed by atoms with E-state index >= 15 is 0 Å². The van der Waals surface area contributed by atoms with Gasteiger partial charge in [-0.1, -0.05) is 0 Å². The van der Waals surface area contributed by atoms with Gasteiger partial charge in [-0.25, -0.2) is 8.42 Å². The molecule has 1 aliphatic heterocycles. The van der Waals surface area contributed by atoms with Crippen molar-refractivity contribution in [3.63, 3.8) is 0 Å². The first-order valence-corrected chi connectivity index (χ1v) is 7.21. The average Bonchev–Trinajstić information content (AvgIpc) is 2.19. The summed E-state index contributed by atoms with van der Waals surface area (Å²) in [6.07, 6.45) is 0. The van der Waals surface area contributed by atoms with E-state index in [0.717, 1.165) is 12.3 Å². The van der Waals surface area contributed by atoms with Crippen molar-refractivity contribution in [1.82, 2.24) is 10.0 Å². The van der Waals surface area contributed by atoms with Gasteiger partial charge in [-0.2, -0.15) is 11.8 Å². The van der Waals surface area contributed by atoms with Crippen molar-refractivity contribution < 1.29 is 13.2 Å². The maximum atomic E-state index is 11.4. The number of sulfonamides is 1. The average molecular weight is 238 g/mol. The molecule has 0 aromatic carbocycles. The number of hydrogen-bond acceptors (Lipinski definition) is 5. The number of carbonyl (C=O) groups is 1. The molecule has 0 bridgehead atoms. The molecule has 1 saturated heterocycles. The molecule has 7 heteroatoms. The minimum Gasteiger partial charge on any atom is -0.304 e. The Morgan fingerprint density at radius 2 is 2.36 bits per heavy atom. The number of rotatable bonds is 3. The third-order valence-corrected chi connectivity index (χ3v) is 4.21. The number of amides is 1. The van der Waals surface area contributed by atoms with Gasteiger partial charge >= 0.3 is 0 Å². The summed E-state index contributed by atoms with van der Waals surface area (Å²) >= 11 is 1.65. The molecule has 1 rings (SSSR count). The molecule has 0 radical (unpaired) electrons. The summed E-state index contributed by atoms with van der Waals surface area (Å²) in [4.78, 5) is 11.4. The van der Waals surface area contributed by atoms with Crippen LogP contribution in [0.2, 0.25) is 0 Å². The Morgan fingerprint density at radius 1 is 1.64 bits per heavy atom. The Bertz CT molecular complexity index is 296. The summed E-state index contributed by atoms with van der Waals surface area (Å²) < 4.78 is 24.2. The van der Waals surface area contributed by atoms with Crippen molar-refractivity contribution in [3.05, 3.63) is 0 Å². The topological polar surface area (TPSA) is 75.3 Å². The molecule has 5 nitrogen and oxygen atoms in total. The Labute approximate surface area is 88.1 Å². The van der Waals surface area contributed by atoms with E-state index in [2.05, 4.69) is 5.32 Å². The van der Waals surface area contributed by atoms with Crippen molar-refractivity contribution in [2.24, 2.45) is 0 Å². The highest BCUT2D eigenvalue weighted by Gasteiger charge is 2.23. The fourth-order valence-corrected chi connectivity index (χ4v) is 2.56. The van der Waals surface area contributed by atoms with E-state index in [-0.39, 0.29) is 11.8 Å². The Hall–Kier alpha value is -0.270. The predicted octanol–water partition coefficient (Wildman–Crippen LogP) is -0.843. The SMILES string of the molecule is CCS(=O)(=O)NC(=O)C1CSCCN1.